The predicted octanol–water partition coefficient (Wildman–Crippen LogP) is 3.25. The van der Waals surface area contributed by atoms with Crippen LogP contribution in [-0.4, -0.2) is 45.0 Å². The monoisotopic (exact) mass is 461 g/mol. The minimum absolute atomic E-state index is 0. The second kappa shape index (κ2) is 13.4. The van der Waals surface area contributed by atoms with Gasteiger partial charge in [-0.25, -0.2) is 4.99 Å². The fourth-order valence-electron chi connectivity index (χ4n) is 2.67. The standard InChI is InChI=1S/C19H31N3O2.HI/c1-3-20-19(22-15-17-8-5-4-7-16(17)2)21-11-6-12-24-18-9-13-23-14-10-18;/h4-5,7-8,18H,3,6,9-15H2,1-2H3,(H2,20,21,22);1H. The van der Waals surface area contributed by atoms with Crippen molar-refractivity contribution in [2.45, 2.75) is 45.8 Å². The van der Waals surface area contributed by atoms with Crippen LogP contribution in [-0.2, 0) is 16.0 Å². The molecule has 142 valence electrons. The lowest BCUT2D eigenvalue weighted by atomic mass is 10.1. The number of aryl methyl sites for hydroxylation is 1. The van der Waals surface area contributed by atoms with E-state index >= 15 is 0 Å². The molecule has 1 fully saturated rings. The third-order valence-corrected chi connectivity index (χ3v) is 4.15. The highest BCUT2D eigenvalue weighted by Crippen LogP contribution is 2.10. The topological polar surface area (TPSA) is 54.9 Å². The van der Waals surface area contributed by atoms with E-state index in [1.807, 2.05) is 0 Å². The molecule has 0 aromatic heterocycles. The van der Waals surface area contributed by atoms with E-state index in [-0.39, 0.29) is 24.0 Å². The number of ether oxygens (including phenoxy) is 2. The van der Waals surface area contributed by atoms with Gasteiger partial charge in [-0.1, -0.05) is 24.3 Å². The van der Waals surface area contributed by atoms with E-state index in [4.69, 9.17) is 9.47 Å². The van der Waals surface area contributed by atoms with Gasteiger partial charge in [0.2, 0.25) is 0 Å². The largest absolute Gasteiger partial charge is 0.381 e. The van der Waals surface area contributed by atoms with E-state index in [0.29, 0.717) is 12.6 Å². The summed E-state index contributed by atoms with van der Waals surface area (Å²) in [6.45, 7) is 9.08. The second-order valence-electron chi connectivity index (χ2n) is 6.08. The third-order valence-electron chi connectivity index (χ3n) is 4.15. The lowest BCUT2D eigenvalue weighted by Crippen LogP contribution is -2.38. The van der Waals surface area contributed by atoms with Crippen LogP contribution in [0.1, 0.15) is 37.3 Å². The van der Waals surface area contributed by atoms with E-state index in [2.05, 4.69) is 53.7 Å². The Bertz CT molecular complexity index is 505. The van der Waals surface area contributed by atoms with E-state index in [9.17, 15) is 0 Å². The van der Waals surface area contributed by atoms with Crippen LogP contribution in [0.2, 0.25) is 0 Å². The van der Waals surface area contributed by atoms with Gasteiger partial charge in [-0.2, -0.15) is 0 Å². The molecule has 1 aromatic rings. The number of hydrogen-bond acceptors (Lipinski definition) is 3. The lowest BCUT2D eigenvalue weighted by Gasteiger charge is -2.22. The van der Waals surface area contributed by atoms with Crippen molar-refractivity contribution in [1.82, 2.24) is 10.6 Å². The third kappa shape index (κ3) is 8.87. The van der Waals surface area contributed by atoms with Gasteiger partial charge in [-0.15, -0.1) is 24.0 Å². The van der Waals surface area contributed by atoms with Crippen LogP contribution in [0.4, 0.5) is 0 Å². The first-order valence-corrected chi connectivity index (χ1v) is 9.05. The SMILES string of the molecule is CCNC(=NCc1ccccc1C)NCCCOC1CCOCC1.I. The van der Waals surface area contributed by atoms with Gasteiger partial charge in [0, 0.05) is 32.9 Å². The van der Waals surface area contributed by atoms with E-state index in [1.165, 1.54) is 11.1 Å². The summed E-state index contributed by atoms with van der Waals surface area (Å²) in [5.41, 5.74) is 2.54. The Balaban J connectivity index is 0.00000312. The van der Waals surface area contributed by atoms with Crippen LogP contribution in [0, 0.1) is 6.92 Å². The molecule has 2 rings (SSSR count). The van der Waals surface area contributed by atoms with Crippen molar-refractivity contribution < 1.29 is 9.47 Å². The van der Waals surface area contributed by atoms with Crippen molar-refractivity contribution in [2.24, 2.45) is 4.99 Å². The van der Waals surface area contributed by atoms with E-state index < -0.39 is 0 Å². The molecule has 1 heterocycles. The number of nitrogens with one attached hydrogen (secondary N) is 2. The number of rotatable bonds is 8. The van der Waals surface area contributed by atoms with Crippen molar-refractivity contribution >= 4 is 29.9 Å². The van der Waals surface area contributed by atoms with Gasteiger partial charge in [0.25, 0.3) is 0 Å². The van der Waals surface area contributed by atoms with Crippen molar-refractivity contribution in [3.05, 3.63) is 35.4 Å². The Morgan fingerprint density at radius 3 is 2.72 bits per heavy atom. The van der Waals surface area contributed by atoms with Crippen LogP contribution in [0.15, 0.2) is 29.3 Å². The van der Waals surface area contributed by atoms with Gasteiger partial charge in [0.05, 0.1) is 12.6 Å². The molecule has 0 spiro atoms. The molecule has 0 atom stereocenters. The summed E-state index contributed by atoms with van der Waals surface area (Å²) in [5.74, 6) is 0.867. The summed E-state index contributed by atoms with van der Waals surface area (Å²) >= 11 is 0. The van der Waals surface area contributed by atoms with E-state index in [1.54, 1.807) is 0 Å². The van der Waals surface area contributed by atoms with Gasteiger partial charge in [-0.05, 0) is 44.2 Å². The highest BCUT2D eigenvalue weighted by Gasteiger charge is 2.13. The van der Waals surface area contributed by atoms with Gasteiger partial charge >= 0.3 is 0 Å². The Morgan fingerprint density at radius 2 is 2.00 bits per heavy atom. The smallest absolute Gasteiger partial charge is 0.191 e. The minimum Gasteiger partial charge on any atom is -0.381 e. The summed E-state index contributed by atoms with van der Waals surface area (Å²) in [4.78, 5) is 4.67. The normalized spacial score (nSPS) is 15.5. The van der Waals surface area contributed by atoms with Crippen LogP contribution in [0.25, 0.3) is 0 Å². The number of nitrogens with zero attached hydrogens (tertiary/aromatic N) is 1. The molecule has 2 N–H and O–H groups in total. The number of hydrogen-bond donors (Lipinski definition) is 2. The van der Waals surface area contributed by atoms with Crippen LogP contribution in [0.3, 0.4) is 0 Å². The maximum atomic E-state index is 5.89. The maximum Gasteiger partial charge on any atom is 0.191 e. The first-order chi connectivity index (χ1) is 11.8. The highest BCUT2D eigenvalue weighted by atomic mass is 127. The fourth-order valence-corrected chi connectivity index (χ4v) is 2.67. The number of guanidine groups is 1. The van der Waals surface area contributed by atoms with Crippen LogP contribution < -0.4 is 10.6 Å². The zero-order valence-corrected chi connectivity index (χ0v) is 17.8. The number of benzene rings is 1. The maximum absolute atomic E-state index is 5.89. The zero-order chi connectivity index (χ0) is 17.0. The summed E-state index contributed by atoms with van der Waals surface area (Å²) < 4.78 is 11.2. The van der Waals surface area contributed by atoms with E-state index in [0.717, 1.165) is 58.1 Å². The molecule has 25 heavy (non-hydrogen) atoms. The highest BCUT2D eigenvalue weighted by molar-refractivity contribution is 14.0. The average molecular weight is 461 g/mol. The predicted molar refractivity (Wildman–Crippen MR) is 114 cm³/mol. The number of halogens is 1. The van der Waals surface area contributed by atoms with Gasteiger partial charge < -0.3 is 20.1 Å². The molecular formula is C19H32IN3O2. The van der Waals surface area contributed by atoms with Crippen molar-refractivity contribution in [1.29, 1.82) is 0 Å². The first-order valence-electron chi connectivity index (χ1n) is 9.05. The number of aliphatic imine (C=N–C) groups is 1. The Labute approximate surface area is 169 Å². The first kappa shape index (κ1) is 22.2. The van der Waals surface area contributed by atoms with Gasteiger partial charge in [0.1, 0.15) is 0 Å². The molecule has 0 bridgehead atoms. The minimum atomic E-state index is 0. The lowest BCUT2D eigenvalue weighted by molar-refractivity contribution is -0.0320. The molecule has 6 heteroatoms. The quantitative estimate of drug-likeness (QED) is 0.270. The molecule has 0 unspecified atom stereocenters. The molecule has 1 saturated heterocycles. The Hall–Kier alpha value is -0.860. The second-order valence-corrected chi connectivity index (χ2v) is 6.08. The average Bonchev–Trinajstić information content (AvgIpc) is 2.61. The van der Waals surface area contributed by atoms with Crippen LogP contribution >= 0.6 is 24.0 Å². The molecule has 1 aromatic carbocycles. The molecule has 0 saturated carbocycles. The Kier molecular flexibility index (Phi) is 11.9. The summed E-state index contributed by atoms with van der Waals surface area (Å²) in [6.07, 6.45) is 3.40. The summed E-state index contributed by atoms with van der Waals surface area (Å²) in [5, 5.41) is 6.68. The molecular weight excluding hydrogens is 429 g/mol. The molecule has 0 aliphatic carbocycles. The summed E-state index contributed by atoms with van der Waals surface area (Å²) in [7, 11) is 0. The fraction of sp³-hybridized carbons (Fsp3) is 0.632. The Morgan fingerprint density at radius 1 is 1.24 bits per heavy atom. The molecule has 5 nitrogen and oxygen atoms in total. The van der Waals surface area contributed by atoms with Gasteiger partial charge in [-0.3, -0.25) is 0 Å². The zero-order valence-electron chi connectivity index (χ0n) is 15.4. The van der Waals surface area contributed by atoms with Crippen molar-refractivity contribution in [3.63, 3.8) is 0 Å². The van der Waals surface area contributed by atoms with Crippen molar-refractivity contribution in [3.8, 4) is 0 Å². The van der Waals surface area contributed by atoms with Crippen molar-refractivity contribution in [2.75, 3.05) is 32.9 Å². The molecule has 1 aliphatic heterocycles. The molecule has 0 amide bonds. The van der Waals surface area contributed by atoms with Crippen LogP contribution in [0.5, 0.6) is 0 Å². The van der Waals surface area contributed by atoms with Gasteiger partial charge in [0.15, 0.2) is 5.96 Å². The molecule has 0 radical (unpaired) electrons. The molecule has 1 aliphatic rings. The summed E-state index contributed by atoms with van der Waals surface area (Å²) in [6, 6.07) is 8.37.